The summed E-state index contributed by atoms with van der Waals surface area (Å²) in [6, 6.07) is 10.2. The third kappa shape index (κ3) is 5.45. The Morgan fingerprint density at radius 3 is 2.43 bits per heavy atom. The third-order valence-electron chi connectivity index (χ3n) is 2.61. The van der Waals surface area contributed by atoms with Gasteiger partial charge in [0.1, 0.15) is 0 Å². The predicted molar refractivity (Wildman–Crippen MR) is 94.1 cm³/mol. The molecule has 6 nitrogen and oxygen atoms in total. The Balaban J connectivity index is 1.77. The summed E-state index contributed by atoms with van der Waals surface area (Å²) in [6.07, 6.45) is 0. The topological polar surface area (TPSA) is 87.3 Å². The molecule has 0 fully saturated rings. The van der Waals surface area contributed by atoms with Crippen LogP contribution in [-0.2, 0) is 4.79 Å². The first kappa shape index (κ1) is 17.6. The Bertz CT molecular complexity index is 748. The Hall–Kier alpha value is -1.71. The van der Waals surface area contributed by atoms with E-state index in [0.29, 0.717) is 10.4 Å². The smallest absolute Gasteiger partial charge is 0.279 e. The van der Waals surface area contributed by atoms with Gasteiger partial charge in [0.2, 0.25) is 0 Å². The van der Waals surface area contributed by atoms with E-state index in [1.807, 2.05) is 0 Å². The zero-order valence-corrected chi connectivity index (χ0v) is 15.5. The minimum Gasteiger partial charge on any atom is -0.343 e. The largest absolute Gasteiger partial charge is 0.343 e. The second kappa shape index (κ2) is 8.23. The first-order chi connectivity index (χ1) is 11.0. The van der Waals surface area contributed by atoms with Crippen molar-refractivity contribution in [3.63, 3.8) is 0 Å². The second-order valence-electron chi connectivity index (χ2n) is 4.30. The fourth-order valence-corrected chi connectivity index (χ4v) is 3.24. The number of thiophene rings is 1. The molecule has 9 heteroatoms. The van der Waals surface area contributed by atoms with E-state index in [1.165, 1.54) is 11.3 Å². The van der Waals surface area contributed by atoms with Gasteiger partial charge in [-0.2, -0.15) is 0 Å². The van der Waals surface area contributed by atoms with Crippen molar-refractivity contribution >= 4 is 60.9 Å². The molecule has 0 aliphatic rings. The van der Waals surface area contributed by atoms with E-state index in [4.69, 9.17) is 0 Å². The number of halogens is 2. The van der Waals surface area contributed by atoms with Gasteiger partial charge in [-0.3, -0.25) is 25.2 Å². The zero-order chi connectivity index (χ0) is 16.8. The molecule has 3 N–H and O–H groups in total. The van der Waals surface area contributed by atoms with E-state index < -0.39 is 11.8 Å². The fraction of sp³-hybridized carbons (Fsp3) is 0.0714. The fourth-order valence-electron chi connectivity index (χ4n) is 1.56. The minimum atomic E-state index is -0.530. The number of hydrogen-bond donors (Lipinski definition) is 3. The van der Waals surface area contributed by atoms with Crippen molar-refractivity contribution in [3.05, 3.63) is 55.1 Å². The van der Waals surface area contributed by atoms with Crippen LogP contribution < -0.4 is 16.2 Å². The summed E-state index contributed by atoms with van der Waals surface area (Å²) in [7, 11) is 0. The minimum absolute atomic E-state index is 0.250. The van der Waals surface area contributed by atoms with Gasteiger partial charge in [0.05, 0.1) is 15.2 Å². The van der Waals surface area contributed by atoms with Crippen LogP contribution in [0.3, 0.4) is 0 Å². The Kier molecular flexibility index (Phi) is 6.31. The van der Waals surface area contributed by atoms with Crippen LogP contribution in [0.1, 0.15) is 20.0 Å². The zero-order valence-electron chi connectivity index (χ0n) is 11.6. The Morgan fingerprint density at radius 1 is 1.00 bits per heavy atom. The van der Waals surface area contributed by atoms with Gasteiger partial charge >= 0.3 is 0 Å². The van der Waals surface area contributed by atoms with Crippen molar-refractivity contribution in [2.45, 2.75) is 0 Å². The van der Waals surface area contributed by atoms with E-state index in [9.17, 15) is 14.4 Å². The van der Waals surface area contributed by atoms with E-state index in [-0.39, 0.29) is 12.5 Å². The van der Waals surface area contributed by atoms with Crippen LogP contribution in [0, 0.1) is 0 Å². The first-order valence-electron chi connectivity index (χ1n) is 6.34. The third-order valence-corrected chi connectivity index (χ3v) is 4.72. The molecule has 0 radical (unpaired) electrons. The summed E-state index contributed by atoms with van der Waals surface area (Å²) in [5.41, 5.74) is 4.94. The standard InChI is InChI=1S/C14H11Br2N3O3S/c15-9-3-1-2-8(6-9)13(21)17-7-12(20)18-19-14(22)10-4-5-11(16)23-10/h1-6H,7H2,(H,17,21)(H,18,20)(H,19,22). The van der Waals surface area contributed by atoms with E-state index >= 15 is 0 Å². The molecule has 1 aromatic carbocycles. The van der Waals surface area contributed by atoms with E-state index in [0.717, 1.165) is 8.26 Å². The maximum atomic E-state index is 11.9. The summed E-state index contributed by atoms with van der Waals surface area (Å²) >= 11 is 7.76. The van der Waals surface area contributed by atoms with Crippen LogP contribution in [0.4, 0.5) is 0 Å². The molecule has 1 aromatic heterocycles. The van der Waals surface area contributed by atoms with Crippen LogP contribution in [-0.4, -0.2) is 24.3 Å². The average Bonchev–Trinajstić information content (AvgIpc) is 2.96. The van der Waals surface area contributed by atoms with Gasteiger partial charge in [-0.05, 0) is 46.3 Å². The molecule has 0 unspecified atom stereocenters. The van der Waals surface area contributed by atoms with Crippen molar-refractivity contribution in [3.8, 4) is 0 Å². The molecule has 0 aliphatic heterocycles. The maximum absolute atomic E-state index is 11.9. The molecule has 0 saturated carbocycles. The summed E-state index contributed by atoms with van der Waals surface area (Å²) in [5.74, 6) is -1.33. The van der Waals surface area contributed by atoms with Crippen LogP contribution in [0.2, 0.25) is 0 Å². The number of carbonyl (C=O) groups is 3. The molecular formula is C14H11Br2N3O3S. The SMILES string of the molecule is O=C(CNC(=O)c1cccc(Br)c1)NNC(=O)c1ccc(Br)s1. The number of nitrogens with one attached hydrogen (secondary N) is 3. The van der Waals surface area contributed by atoms with Crippen molar-refractivity contribution in [1.29, 1.82) is 0 Å². The van der Waals surface area contributed by atoms with Crippen molar-refractivity contribution in [2.75, 3.05) is 6.54 Å². The average molecular weight is 461 g/mol. The van der Waals surface area contributed by atoms with Gasteiger partial charge in [0.25, 0.3) is 17.7 Å². The highest BCUT2D eigenvalue weighted by Gasteiger charge is 2.11. The number of rotatable bonds is 4. The lowest BCUT2D eigenvalue weighted by atomic mass is 10.2. The highest BCUT2D eigenvalue weighted by Crippen LogP contribution is 2.21. The highest BCUT2D eigenvalue weighted by atomic mass is 79.9. The summed E-state index contributed by atoms with van der Waals surface area (Å²) in [5, 5.41) is 2.47. The predicted octanol–water partition coefficient (Wildman–Crippen LogP) is 2.46. The number of hydrogen-bond acceptors (Lipinski definition) is 4. The Labute approximate surface area is 152 Å². The quantitative estimate of drug-likeness (QED) is 0.612. The number of hydrazine groups is 1. The highest BCUT2D eigenvalue weighted by molar-refractivity contribution is 9.11. The summed E-state index contributed by atoms with van der Waals surface area (Å²) in [4.78, 5) is 35.7. The number of carbonyl (C=O) groups excluding carboxylic acids is 3. The first-order valence-corrected chi connectivity index (χ1v) is 8.74. The van der Waals surface area contributed by atoms with Gasteiger partial charge in [-0.15, -0.1) is 11.3 Å². The second-order valence-corrected chi connectivity index (χ2v) is 7.68. The van der Waals surface area contributed by atoms with Gasteiger partial charge < -0.3 is 5.32 Å². The van der Waals surface area contributed by atoms with Gasteiger partial charge in [0.15, 0.2) is 0 Å². The maximum Gasteiger partial charge on any atom is 0.279 e. The molecule has 2 rings (SSSR count). The molecule has 2 aromatic rings. The lowest BCUT2D eigenvalue weighted by Gasteiger charge is -2.08. The summed E-state index contributed by atoms with van der Waals surface area (Å²) < 4.78 is 1.58. The summed E-state index contributed by atoms with van der Waals surface area (Å²) in [6.45, 7) is -0.250. The normalized spacial score (nSPS) is 10.0. The molecule has 120 valence electrons. The van der Waals surface area contributed by atoms with Crippen molar-refractivity contribution in [2.24, 2.45) is 0 Å². The molecule has 0 saturated heterocycles. The molecular weight excluding hydrogens is 450 g/mol. The molecule has 3 amide bonds. The molecule has 0 bridgehead atoms. The van der Waals surface area contributed by atoms with E-state index in [1.54, 1.807) is 36.4 Å². The number of benzene rings is 1. The van der Waals surface area contributed by atoms with Gasteiger partial charge in [-0.25, -0.2) is 0 Å². The van der Waals surface area contributed by atoms with Crippen LogP contribution >= 0.6 is 43.2 Å². The molecule has 0 aliphatic carbocycles. The van der Waals surface area contributed by atoms with Crippen molar-refractivity contribution in [1.82, 2.24) is 16.2 Å². The molecule has 0 spiro atoms. The molecule has 0 atom stereocenters. The number of amides is 3. The Morgan fingerprint density at radius 2 is 1.78 bits per heavy atom. The monoisotopic (exact) mass is 459 g/mol. The van der Waals surface area contributed by atoms with Crippen LogP contribution in [0.25, 0.3) is 0 Å². The lowest BCUT2D eigenvalue weighted by molar-refractivity contribution is -0.120. The molecule has 1 heterocycles. The molecule has 23 heavy (non-hydrogen) atoms. The van der Waals surface area contributed by atoms with Gasteiger partial charge in [0, 0.05) is 10.0 Å². The lowest BCUT2D eigenvalue weighted by Crippen LogP contribution is -2.46. The van der Waals surface area contributed by atoms with Gasteiger partial charge in [-0.1, -0.05) is 22.0 Å². The van der Waals surface area contributed by atoms with Crippen molar-refractivity contribution < 1.29 is 14.4 Å². The van der Waals surface area contributed by atoms with E-state index in [2.05, 4.69) is 48.0 Å². The van der Waals surface area contributed by atoms with Crippen LogP contribution in [0.15, 0.2) is 44.7 Å². The van der Waals surface area contributed by atoms with Crippen LogP contribution in [0.5, 0.6) is 0 Å².